The van der Waals surface area contributed by atoms with Gasteiger partial charge in [0.1, 0.15) is 11.5 Å². The monoisotopic (exact) mass is 222 g/mol. The molecule has 0 bridgehead atoms. The van der Waals surface area contributed by atoms with Crippen molar-refractivity contribution in [1.82, 2.24) is 10.6 Å². The van der Waals surface area contributed by atoms with Gasteiger partial charge in [-0.05, 0) is 38.8 Å². The smallest absolute Gasteiger partial charge is 0.237 e. The van der Waals surface area contributed by atoms with E-state index in [1.165, 1.54) is 0 Å². The third-order valence-electron chi connectivity index (χ3n) is 2.70. The first-order valence-electron chi connectivity index (χ1n) is 5.74. The van der Waals surface area contributed by atoms with Gasteiger partial charge in [-0.1, -0.05) is 0 Å². The zero-order chi connectivity index (χ0) is 11.5. The predicted octanol–water partition coefficient (Wildman–Crippen LogP) is 1.34. The van der Waals surface area contributed by atoms with Crippen LogP contribution in [-0.4, -0.2) is 18.0 Å². The summed E-state index contributed by atoms with van der Waals surface area (Å²) >= 11 is 0. The number of rotatable bonds is 5. The van der Waals surface area contributed by atoms with Gasteiger partial charge in [-0.25, -0.2) is 0 Å². The maximum Gasteiger partial charge on any atom is 0.237 e. The fourth-order valence-corrected chi connectivity index (χ4v) is 1.48. The van der Waals surface area contributed by atoms with E-state index in [9.17, 15) is 4.79 Å². The molecule has 4 heteroatoms. The number of furan rings is 1. The second-order valence-corrected chi connectivity index (χ2v) is 4.40. The molecule has 0 aromatic carbocycles. The van der Waals surface area contributed by atoms with Gasteiger partial charge in [0.25, 0.3) is 0 Å². The lowest BCUT2D eigenvalue weighted by molar-refractivity contribution is -0.122. The number of nitrogens with one attached hydrogen (secondary N) is 2. The molecular formula is C12H18N2O2. The Morgan fingerprint density at radius 3 is 2.88 bits per heavy atom. The van der Waals surface area contributed by atoms with Crippen LogP contribution in [0.2, 0.25) is 0 Å². The number of hydrogen-bond donors (Lipinski definition) is 2. The third kappa shape index (κ3) is 3.10. The van der Waals surface area contributed by atoms with Crippen molar-refractivity contribution in [2.75, 3.05) is 0 Å². The average Bonchev–Trinajstić information content (AvgIpc) is 2.96. The minimum absolute atomic E-state index is 0.0748. The topological polar surface area (TPSA) is 54.3 Å². The lowest BCUT2D eigenvalue weighted by Crippen LogP contribution is -2.42. The molecule has 2 rings (SSSR count). The van der Waals surface area contributed by atoms with Crippen molar-refractivity contribution in [3.05, 3.63) is 23.7 Å². The van der Waals surface area contributed by atoms with Crippen molar-refractivity contribution in [2.24, 2.45) is 0 Å². The average molecular weight is 222 g/mol. The molecule has 1 aromatic rings. The molecule has 0 radical (unpaired) electrons. The lowest BCUT2D eigenvalue weighted by atomic mass is 10.3. The van der Waals surface area contributed by atoms with Crippen LogP contribution >= 0.6 is 0 Å². The summed E-state index contributed by atoms with van der Waals surface area (Å²) in [5, 5.41) is 6.10. The molecule has 1 heterocycles. The molecule has 16 heavy (non-hydrogen) atoms. The highest BCUT2D eigenvalue weighted by molar-refractivity contribution is 5.81. The highest BCUT2D eigenvalue weighted by atomic mass is 16.3. The number of carbonyl (C=O) groups excluding carboxylic acids is 1. The molecule has 4 nitrogen and oxygen atoms in total. The number of aryl methyl sites for hydroxylation is 1. The summed E-state index contributed by atoms with van der Waals surface area (Å²) in [4.78, 5) is 11.6. The molecule has 1 aliphatic rings. The van der Waals surface area contributed by atoms with Crippen LogP contribution in [0.15, 0.2) is 16.5 Å². The number of amides is 1. The molecule has 0 spiro atoms. The fraction of sp³-hybridized carbons (Fsp3) is 0.583. The van der Waals surface area contributed by atoms with Gasteiger partial charge in [0.2, 0.25) is 5.91 Å². The Kier molecular flexibility index (Phi) is 3.29. The van der Waals surface area contributed by atoms with Crippen molar-refractivity contribution < 1.29 is 9.21 Å². The third-order valence-corrected chi connectivity index (χ3v) is 2.70. The summed E-state index contributed by atoms with van der Waals surface area (Å²) in [5.41, 5.74) is 0. The first kappa shape index (κ1) is 11.2. The molecule has 1 aliphatic carbocycles. The zero-order valence-corrected chi connectivity index (χ0v) is 9.75. The SMILES string of the molecule is Cc1ccc(CNC(C)C(=O)NC2CC2)o1. The van der Waals surface area contributed by atoms with Crippen LogP contribution in [0.1, 0.15) is 31.3 Å². The van der Waals surface area contributed by atoms with Crippen LogP contribution < -0.4 is 10.6 Å². The molecule has 1 unspecified atom stereocenters. The normalized spacial score (nSPS) is 17.1. The Morgan fingerprint density at radius 1 is 1.56 bits per heavy atom. The molecule has 1 aromatic heterocycles. The number of hydrogen-bond acceptors (Lipinski definition) is 3. The zero-order valence-electron chi connectivity index (χ0n) is 9.75. The summed E-state index contributed by atoms with van der Waals surface area (Å²) in [6.45, 7) is 4.37. The first-order valence-corrected chi connectivity index (χ1v) is 5.74. The second-order valence-electron chi connectivity index (χ2n) is 4.40. The van der Waals surface area contributed by atoms with Crippen molar-refractivity contribution in [2.45, 2.75) is 45.3 Å². The second kappa shape index (κ2) is 4.70. The summed E-state index contributed by atoms with van der Waals surface area (Å²) in [5.74, 6) is 1.83. The highest BCUT2D eigenvalue weighted by Gasteiger charge is 2.25. The van der Waals surface area contributed by atoms with Gasteiger partial charge in [-0.15, -0.1) is 0 Å². The minimum atomic E-state index is -0.175. The quantitative estimate of drug-likeness (QED) is 0.790. The molecule has 1 amide bonds. The minimum Gasteiger partial charge on any atom is -0.465 e. The molecular weight excluding hydrogens is 204 g/mol. The Labute approximate surface area is 95.4 Å². The van der Waals surface area contributed by atoms with E-state index in [1.54, 1.807) is 0 Å². The summed E-state index contributed by atoms with van der Waals surface area (Å²) in [6, 6.07) is 4.09. The van der Waals surface area contributed by atoms with Crippen molar-refractivity contribution >= 4 is 5.91 Å². The van der Waals surface area contributed by atoms with Crippen LogP contribution in [0.3, 0.4) is 0 Å². The standard InChI is InChI=1S/C12H18N2O2/c1-8-3-6-11(16-8)7-13-9(2)12(15)14-10-4-5-10/h3,6,9-10,13H,4-5,7H2,1-2H3,(H,14,15). The maximum absolute atomic E-state index is 11.6. The van der Waals surface area contributed by atoms with E-state index in [0.717, 1.165) is 24.4 Å². The van der Waals surface area contributed by atoms with E-state index in [-0.39, 0.29) is 11.9 Å². The Balaban J connectivity index is 1.73. The summed E-state index contributed by atoms with van der Waals surface area (Å²) in [6.07, 6.45) is 2.24. The van der Waals surface area contributed by atoms with Gasteiger partial charge in [0.15, 0.2) is 0 Å². The van der Waals surface area contributed by atoms with E-state index in [2.05, 4.69) is 10.6 Å². The van der Waals surface area contributed by atoms with Crippen molar-refractivity contribution in [1.29, 1.82) is 0 Å². The van der Waals surface area contributed by atoms with Crippen molar-refractivity contribution in [3.63, 3.8) is 0 Å². The molecule has 0 aliphatic heterocycles. The molecule has 1 fully saturated rings. The van der Waals surface area contributed by atoms with Gasteiger partial charge >= 0.3 is 0 Å². The highest BCUT2D eigenvalue weighted by Crippen LogP contribution is 2.18. The maximum atomic E-state index is 11.6. The molecule has 1 atom stereocenters. The van der Waals surface area contributed by atoms with Crippen LogP contribution in [0.25, 0.3) is 0 Å². The number of carbonyl (C=O) groups is 1. The van der Waals surface area contributed by atoms with E-state index in [1.807, 2.05) is 26.0 Å². The van der Waals surface area contributed by atoms with Gasteiger partial charge in [0, 0.05) is 6.04 Å². The lowest BCUT2D eigenvalue weighted by Gasteiger charge is -2.12. The van der Waals surface area contributed by atoms with Gasteiger partial charge in [-0.2, -0.15) is 0 Å². The van der Waals surface area contributed by atoms with E-state index >= 15 is 0 Å². The van der Waals surface area contributed by atoms with Crippen molar-refractivity contribution in [3.8, 4) is 0 Å². The predicted molar refractivity (Wildman–Crippen MR) is 60.9 cm³/mol. The van der Waals surface area contributed by atoms with Gasteiger partial charge in [-0.3, -0.25) is 10.1 Å². The van der Waals surface area contributed by atoms with Gasteiger partial charge in [0.05, 0.1) is 12.6 Å². The summed E-state index contributed by atoms with van der Waals surface area (Å²) in [7, 11) is 0. The summed E-state index contributed by atoms with van der Waals surface area (Å²) < 4.78 is 5.41. The van der Waals surface area contributed by atoms with Crippen LogP contribution in [0.5, 0.6) is 0 Å². The largest absolute Gasteiger partial charge is 0.465 e. The Bertz CT molecular complexity index is 369. The van der Waals surface area contributed by atoms with E-state index in [0.29, 0.717) is 12.6 Å². The molecule has 0 saturated heterocycles. The Morgan fingerprint density at radius 2 is 2.31 bits per heavy atom. The Hall–Kier alpha value is -1.29. The van der Waals surface area contributed by atoms with Crippen LogP contribution in [0.4, 0.5) is 0 Å². The van der Waals surface area contributed by atoms with Crippen LogP contribution in [0, 0.1) is 6.92 Å². The molecule has 1 saturated carbocycles. The fourth-order valence-electron chi connectivity index (χ4n) is 1.48. The molecule has 2 N–H and O–H groups in total. The first-order chi connectivity index (χ1) is 7.65. The van der Waals surface area contributed by atoms with E-state index < -0.39 is 0 Å². The van der Waals surface area contributed by atoms with E-state index in [4.69, 9.17) is 4.42 Å². The molecule has 88 valence electrons. The van der Waals surface area contributed by atoms with Crippen LogP contribution in [-0.2, 0) is 11.3 Å². The van der Waals surface area contributed by atoms with Gasteiger partial charge < -0.3 is 9.73 Å².